The van der Waals surface area contributed by atoms with Gasteiger partial charge < -0.3 is 14.5 Å². The van der Waals surface area contributed by atoms with Gasteiger partial charge in [0.2, 0.25) is 0 Å². The highest BCUT2D eigenvalue weighted by Gasteiger charge is 2.27. The summed E-state index contributed by atoms with van der Waals surface area (Å²) in [5.74, 6) is 0. The third-order valence-corrected chi connectivity index (χ3v) is 4.75. The van der Waals surface area contributed by atoms with Crippen LogP contribution in [0.5, 0.6) is 0 Å². The second-order valence-electron chi connectivity index (χ2n) is 6.97. The first-order valence-electron chi connectivity index (χ1n) is 8.01. The molecule has 0 atom stereocenters. The number of likely N-dealkylation sites (N-methyl/N-ethyl adjacent to an activating group) is 2. The Kier molecular flexibility index (Phi) is 7.59. The van der Waals surface area contributed by atoms with Crippen molar-refractivity contribution in [1.29, 1.82) is 0 Å². The van der Waals surface area contributed by atoms with E-state index in [-0.39, 0.29) is 5.41 Å². The average molecular weight is 343 g/mol. The molecule has 0 saturated carbocycles. The summed E-state index contributed by atoms with van der Waals surface area (Å²) >= 11 is 10.8. The van der Waals surface area contributed by atoms with Crippen molar-refractivity contribution in [2.45, 2.75) is 39.5 Å². The highest BCUT2D eigenvalue weighted by Crippen LogP contribution is 2.38. The molecule has 0 spiro atoms. The van der Waals surface area contributed by atoms with Gasteiger partial charge in [-0.05, 0) is 25.4 Å². The molecular weight excluding hydrogens is 312 g/mol. The minimum absolute atomic E-state index is 0.0483. The van der Waals surface area contributed by atoms with Crippen LogP contribution in [-0.2, 0) is 10.2 Å². The van der Waals surface area contributed by atoms with E-state index < -0.39 is 0 Å². The minimum Gasteiger partial charge on any atom is -0.378 e. The maximum absolute atomic E-state index is 5.74. The van der Waals surface area contributed by atoms with Crippen LogP contribution in [0.1, 0.15) is 39.7 Å². The Labute approximate surface area is 146 Å². The maximum atomic E-state index is 5.74. The van der Waals surface area contributed by atoms with Crippen molar-refractivity contribution >= 4 is 30.1 Å². The molecule has 0 aliphatic rings. The Morgan fingerprint density at radius 2 is 1.55 bits per heavy atom. The molecule has 5 heteroatoms. The molecule has 0 heterocycles. The summed E-state index contributed by atoms with van der Waals surface area (Å²) in [6, 6.07) is 0. The van der Waals surface area contributed by atoms with Gasteiger partial charge in [0.1, 0.15) is 0 Å². The largest absolute Gasteiger partial charge is 0.378 e. The van der Waals surface area contributed by atoms with E-state index in [9.17, 15) is 0 Å². The van der Waals surface area contributed by atoms with Crippen LogP contribution >= 0.6 is 24.4 Å². The standard InChI is InChI=1S/C17H30N2OS2/c1-7-8-18(5)9-11-20-12-10-19(6)14-13(17(2,3)4)15(21)16(14)22/h7-12H2,1-6H3. The van der Waals surface area contributed by atoms with Crippen molar-refractivity contribution in [1.82, 2.24) is 4.90 Å². The normalized spacial score (nSPS) is 12.3. The molecule has 22 heavy (non-hydrogen) atoms. The highest BCUT2D eigenvalue weighted by atomic mass is 32.1. The van der Waals surface area contributed by atoms with Crippen molar-refractivity contribution in [3.63, 3.8) is 0 Å². The molecule has 0 unspecified atom stereocenters. The lowest BCUT2D eigenvalue weighted by Crippen LogP contribution is -2.30. The summed E-state index contributed by atoms with van der Waals surface area (Å²) in [6.45, 7) is 13.2. The Morgan fingerprint density at radius 1 is 0.955 bits per heavy atom. The van der Waals surface area contributed by atoms with E-state index in [1.807, 2.05) is 0 Å². The number of nitrogens with zero attached hydrogens (tertiary/aromatic N) is 2. The van der Waals surface area contributed by atoms with Crippen LogP contribution in [0.25, 0.3) is 0 Å². The van der Waals surface area contributed by atoms with E-state index >= 15 is 0 Å². The zero-order valence-electron chi connectivity index (χ0n) is 14.9. The van der Waals surface area contributed by atoms with E-state index in [0.29, 0.717) is 6.61 Å². The van der Waals surface area contributed by atoms with E-state index in [0.717, 1.165) is 40.9 Å². The monoisotopic (exact) mass is 342 g/mol. The lowest BCUT2D eigenvalue weighted by atomic mass is 9.83. The minimum atomic E-state index is 0.0483. The summed E-state index contributed by atoms with van der Waals surface area (Å²) < 4.78 is 7.45. The van der Waals surface area contributed by atoms with Crippen LogP contribution in [0.2, 0.25) is 0 Å². The fourth-order valence-corrected chi connectivity index (χ4v) is 3.43. The zero-order valence-corrected chi connectivity index (χ0v) is 16.5. The molecular formula is C17H30N2OS2. The molecule has 3 nitrogen and oxygen atoms in total. The van der Waals surface area contributed by atoms with Crippen LogP contribution in [-0.4, -0.2) is 51.8 Å². The van der Waals surface area contributed by atoms with Crippen LogP contribution < -0.4 is 4.90 Å². The number of hydrogen-bond donors (Lipinski definition) is 0. The second kappa shape index (κ2) is 8.48. The first-order chi connectivity index (χ1) is 10.2. The predicted octanol–water partition coefficient (Wildman–Crippen LogP) is 4.11. The summed E-state index contributed by atoms with van der Waals surface area (Å²) in [5.41, 5.74) is 2.41. The van der Waals surface area contributed by atoms with Gasteiger partial charge in [0.25, 0.3) is 0 Å². The smallest absolute Gasteiger partial charge is 0.0798 e. The van der Waals surface area contributed by atoms with Crippen molar-refractivity contribution < 1.29 is 4.74 Å². The highest BCUT2D eigenvalue weighted by molar-refractivity contribution is 7.74. The van der Waals surface area contributed by atoms with Crippen LogP contribution in [0, 0.1) is 9.02 Å². The fraction of sp³-hybridized carbons (Fsp3) is 0.765. The quantitative estimate of drug-likeness (QED) is 0.494. The molecule has 0 bridgehead atoms. The topological polar surface area (TPSA) is 15.7 Å². The van der Waals surface area contributed by atoms with Crippen molar-refractivity contribution in [2.75, 3.05) is 51.8 Å². The molecule has 0 N–H and O–H groups in total. The van der Waals surface area contributed by atoms with E-state index in [2.05, 4.69) is 51.6 Å². The summed E-state index contributed by atoms with van der Waals surface area (Å²) in [5, 5.41) is 0. The van der Waals surface area contributed by atoms with E-state index in [1.54, 1.807) is 0 Å². The van der Waals surface area contributed by atoms with Gasteiger partial charge >= 0.3 is 0 Å². The summed E-state index contributed by atoms with van der Waals surface area (Å²) in [7, 11) is 4.20. The van der Waals surface area contributed by atoms with Crippen molar-refractivity contribution in [3.05, 3.63) is 14.6 Å². The molecule has 0 radical (unpaired) electrons. The Balaban J connectivity index is 2.45. The molecule has 0 saturated heterocycles. The maximum Gasteiger partial charge on any atom is 0.0798 e. The fourth-order valence-electron chi connectivity index (χ4n) is 2.57. The number of hydrogen-bond acceptors (Lipinski definition) is 5. The zero-order chi connectivity index (χ0) is 16.9. The van der Waals surface area contributed by atoms with Gasteiger partial charge in [0.05, 0.1) is 27.9 Å². The van der Waals surface area contributed by atoms with Gasteiger partial charge in [0, 0.05) is 25.7 Å². The second-order valence-corrected chi connectivity index (χ2v) is 7.79. The molecule has 126 valence electrons. The summed E-state index contributed by atoms with van der Waals surface area (Å²) in [4.78, 5) is 4.48. The average Bonchev–Trinajstić information content (AvgIpc) is 2.41. The predicted molar refractivity (Wildman–Crippen MR) is 101 cm³/mol. The molecule has 0 aliphatic carbocycles. The van der Waals surface area contributed by atoms with Gasteiger partial charge in [-0.2, -0.15) is 0 Å². The van der Waals surface area contributed by atoms with Crippen LogP contribution in [0.4, 0.5) is 5.69 Å². The number of rotatable bonds is 9. The first-order valence-corrected chi connectivity index (χ1v) is 8.83. The first kappa shape index (κ1) is 19.7. The summed E-state index contributed by atoms with van der Waals surface area (Å²) in [6.07, 6.45) is 1.18. The van der Waals surface area contributed by atoms with Crippen molar-refractivity contribution in [2.24, 2.45) is 0 Å². The number of ether oxygens (including phenoxy) is 1. The Bertz CT molecular complexity index is 541. The molecule has 0 fully saturated rings. The molecule has 0 aliphatic heterocycles. The van der Waals surface area contributed by atoms with Gasteiger partial charge in [-0.15, -0.1) is 0 Å². The van der Waals surface area contributed by atoms with Gasteiger partial charge in [-0.3, -0.25) is 0 Å². The van der Waals surface area contributed by atoms with Gasteiger partial charge in [-0.25, -0.2) is 0 Å². The third kappa shape index (κ3) is 5.08. The SMILES string of the molecule is CCCN(C)CCOCCN(C)c1c(C(C)(C)C)c(=S)c1=S. The lowest BCUT2D eigenvalue weighted by Gasteiger charge is -2.32. The van der Waals surface area contributed by atoms with Crippen LogP contribution in [0.15, 0.2) is 0 Å². The van der Waals surface area contributed by atoms with E-state index in [1.165, 1.54) is 12.0 Å². The third-order valence-electron chi connectivity index (χ3n) is 3.81. The molecule has 1 rings (SSSR count). The number of anilines is 1. The van der Waals surface area contributed by atoms with Gasteiger partial charge in [-0.1, -0.05) is 52.1 Å². The molecule has 0 aromatic heterocycles. The lowest BCUT2D eigenvalue weighted by molar-refractivity contribution is 0.117. The molecule has 0 amide bonds. The molecule has 1 aromatic rings. The Hall–Kier alpha value is -0.360. The van der Waals surface area contributed by atoms with Crippen LogP contribution in [0.3, 0.4) is 0 Å². The Morgan fingerprint density at radius 3 is 2.09 bits per heavy atom. The van der Waals surface area contributed by atoms with Crippen molar-refractivity contribution in [3.8, 4) is 0 Å². The molecule has 1 aromatic carbocycles. The van der Waals surface area contributed by atoms with E-state index in [4.69, 9.17) is 29.2 Å². The van der Waals surface area contributed by atoms with Gasteiger partial charge in [0.15, 0.2) is 0 Å².